The molecule has 0 saturated heterocycles. The van der Waals surface area contributed by atoms with E-state index in [2.05, 4.69) is 11.5 Å². The third-order valence-corrected chi connectivity index (χ3v) is 3.97. The number of rotatable bonds is 3. The molecule has 100 valence electrons. The Bertz CT molecular complexity index is 653. The van der Waals surface area contributed by atoms with Gasteiger partial charge in [-0.1, -0.05) is 36.4 Å². The van der Waals surface area contributed by atoms with Crippen molar-refractivity contribution in [1.29, 1.82) is 0 Å². The van der Waals surface area contributed by atoms with Crippen LogP contribution in [0.2, 0.25) is 0 Å². The molecule has 3 rings (SSSR count). The molecular formula is C16H13NO2S. The van der Waals surface area contributed by atoms with Crippen LogP contribution in [0.15, 0.2) is 65.6 Å². The molecule has 0 atom stereocenters. The molecule has 0 radical (unpaired) electrons. The fraction of sp³-hybridized carbons (Fsp3) is 0.0625. The Kier molecular flexibility index (Phi) is 3.74. The average molecular weight is 283 g/mol. The monoisotopic (exact) mass is 283 g/mol. The van der Waals surface area contributed by atoms with E-state index in [1.54, 1.807) is 23.9 Å². The molecule has 0 fully saturated rings. The lowest BCUT2D eigenvalue weighted by molar-refractivity contribution is 0.0368. The first-order valence-corrected chi connectivity index (χ1v) is 7.28. The zero-order valence-electron chi connectivity index (χ0n) is 10.7. The molecule has 1 heterocycles. The second-order valence-corrected chi connectivity index (χ2v) is 5.34. The summed E-state index contributed by atoms with van der Waals surface area (Å²) >= 11 is 1.77. The third-order valence-electron chi connectivity index (χ3n) is 2.97. The van der Waals surface area contributed by atoms with E-state index < -0.39 is 0 Å². The molecule has 0 unspecified atom stereocenters. The van der Waals surface area contributed by atoms with E-state index in [0.717, 1.165) is 17.0 Å². The first-order chi connectivity index (χ1) is 9.84. The number of hydrogen-bond donors (Lipinski definition) is 1. The van der Waals surface area contributed by atoms with Crippen molar-refractivity contribution in [3.63, 3.8) is 0 Å². The number of fused-ring (bicyclic) bond motifs is 1. The van der Waals surface area contributed by atoms with E-state index in [1.165, 1.54) is 4.90 Å². The molecule has 4 heteroatoms. The SMILES string of the molecule is O=C(ONC1=CCSc2ccccc21)c1ccccc1. The topological polar surface area (TPSA) is 38.3 Å². The summed E-state index contributed by atoms with van der Waals surface area (Å²) in [7, 11) is 0. The van der Waals surface area contributed by atoms with Crippen LogP contribution in [0.3, 0.4) is 0 Å². The fourth-order valence-corrected chi connectivity index (χ4v) is 2.91. The summed E-state index contributed by atoms with van der Waals surface area (Å²) in [4.78, 5) is 18.2. The van der Waals surface area contributed by atoms with Gasteiger partial charge in [-0.05, 0) is 24.3 Å². The largest absolute Gasteiger partial charge is 0.362 e. The number of hydrogen-bond acceptors (Lipinski definition) is 4. The van der Waals surface area contributed by atoms with Crippen molar-refractivity contribution < 1.29 is 9.63 Å². The van der Waals surface area contributed by atoms with Gasteiger partial charge in [0, 0.05) is 16.2 Å². The van der Waals surface area contributed by atoms with Crippen molar-refractivity contribution in [1.82, 2.24) is 5.48 Å². The number of carbonyl (C=O) groups is 1. The molecule has 0 spiro atoms. The Hall–Kier alpha value is -2.20. The van der Waals surface area contributed by atoms with E-state index in [-0.39, 0.29) is 5.97 Å². The van der Waals surface area contributed by atoms with Gasteiger partial charge in [-0.2, -0.15) is 0 Å². The molecule has 3 nitrogen and oxygen atoms in total. The van der Waals surface area contributed by atoms with Crippen LogP contribution < -0.4 is 5.48 Å². The number of carbonyl (C=O) groups excluding carboxylic acids is 1. The summed E-state index contributed by atoms with van der Waals surface area (Å²) in [5, 5.41) is 0. The van der Waals surface area contributed by atoms with E-state index in [0.29, 0.717) is 5.56 Å². The van der Waals surface area contributed by atoms with Gasteiger partial charge in [0.2, 0.25) is 0 Å². The van der Waals surface area contributed by atoms with Crippen molar-refractivity contribution in [2.45, 2.75) is 4.90 Å². The summed E-state index contributed by atoms with van der Waals surface area (Å²) in [6.07, 6.45) is 2.02. The highest BCUT2D eigenvalue weighted by Crippen LogP contribution is 2.31. The maximum absolute atomic E-state index is 11.9. The Labute approximate surface area is 121 Å². The second-order valence-electron chi connectivity index (χ2n) is 4.28. The quantitative estimate of drug-likeness (QED) is 0.875. The Morgan fingerprint density at radius 3 is 2.65 bits per heavy atom. The Balaban J connectivity index is 1.70. The second kappa shape index (κ2) is 5.84. The molecule has 2 aromatic carbocycles. The van der Waals surface area contributed by atoms with Gasteiger partial charge in [0.15, 0.2) is 0 Å². The van der Waals surface area contributed by atoms with Gasteiger partial charge in [-0.15, -0.1) is 11.8 Å². The van der Waals surface area contributed by atoms with E-state index >= 15 is 0 Å². The smallest absolute Gasteiger partial charge is 0.338 e. The highest BCUT2D eigenvalue weighted by molar-refractivity contribution is 7.99. The summed E-state index contributed by atoms with van der Waals surface area (Å²) in [5.41, 5.74) is 5.20. The summed E-state index contributed by atoms with van der Waals surface area (Å²) in [6, 6.07) is 17.0. The number of hydroxylamine groups is 1. The maximum Gasteiger partial charge on any atom is 0.362 e. The Morgan fingerprint density at radius 2 is 1.80 bits per heavy atom. The molecule has 20 heavy (non-hydrogen) atoms. The van der Waals surface area contributed by atoms with Gasteiger partial charge >= 0.3 is 5.97 Å². The van der Waals surface area contributed by atoms with Crippen molar-refractivity contribution in [2.75, 3.05) is 5.75 Å². The van der Waals surface area contributed by atoms with Crippen LogP contribution >= 0.6 is 11.8 Å². The van der Waals surface area contributed by atoms with Gasteiger partial charge in [0.1, 0.15) is 0 Å². The molecule has 1 aliphatic heterocycles. The predicted molar refractivity (Wildman–Crippen MR) is 80.1 cm³/mol. The molecule has 0 aliphatic carbocycles. The molecule has 1 aliphatic rings. The standard InChI is InChI=1S/C16H13NO2S/c18-16(12-6-2-1-3-7-12)19-17-14-10-11-20-15-9-5-4-8-13(14)15/h1-10,17H,11H2. The maximum atomic E-state index is 11.9. The first-order valence-electron chi connectivity index (χ1n) is 6.29. The highest BCUT2D eigenvalue weighted by Gasteiger charge is 2.14. The lowest BCUT2D eigenvalue weighted by Gasteiger charge is -2.17. The lowest BCUT2D eigenvalue weighted by Crippen LogP contribution is -2.20. The van der Waals surface area contributed by atoms with Gasteiger partial charge in [-0.3, -0.25) is 0 Å². The summed E-state index contributed by atoms with van der Waals surface area (Å²) in [5.74, 6) is 0.476. The number of nitrogens with one attached hydrogen (secondary N) is 1. The predicted octanol–water partition coefficient (Wildman–Crippen LogP) is 3.49. The molecular weight excluding hydrogens is 270 g/mol. The molecule has 1 N–H and O–H groups in total. The minimum Gasteiger partial charge on any atom is -0.338 e. The molecule has 2 aromatic rings. The van der Waals surface area contributed by atoms with E-state index in [1.807, 2.05) is 42.5 Å². The highest BCUT2D eigenvalue weighted by atomic mass is 32.2. The molecule has 0 aromatic heterocycles. The van der Waals surface area contributed by atoms with Crippen molar-refractivity contribution in [3.05, 3.63) is 71.8 Å². The minimum absolute atomic E-state index is 0.387. The number of thioether (sulfide) groups is 1. The zero-order valence-corrected chi connectivity index (χ0v) is 11.5. The molecule has 0 bridgehead atoms. The van der Waals surface area contributed by atoms with Gasteiger partial charge in [0.25, 0.3) is 0 Å². The number of benzene rings is 2. The van der Waals surface area contributed by atoms with E-state index in [4.69, 9.17) is 4.84 Å². The summed E-state index contributed by atoms with van der Waals surface area (Å²) in [6.45, 7) is 0. The third kappa shape index (κ3) is 2.70. The van der Waals surface area contributed by atoms with Gasteiger partial charge < -0.3 is 4.84 Å². The Morgan fingerprint density at radius 1 is 1.05 bits per heavy atom. The van der Waals surface area contributed by atoms with Crippen LogP contribution in [0, 0.1) is 0 Å². The van der Waals surface area contributed by atoms with Crippen molar-refractivity contribution >= 4 is 23.4 Å². The van der Waals surface area contributed by atoms with Gasteiger partial charge in [-0.25, -0.2) is 10.3 Å². The first kappa shape index (κ1) is 12.8. The normalized spacial score (nSPS) is 13.1. The minimum atomic E-state index is -0.387. The summed E-state index contributed by atoms with van der Waals surface area (Å²) < 4.78 is 0. The van der Waals surface area contributed by atoms with Crippen LogP contribution in [0.5, 0.6) is 0 Å². The van der Waals surface area contributed by atoms with Crippen LogP contribution in [-0.4, -0.2) is 11.7 Å². The van der Waals surface area contributed by atoms with Crippen LogP contribution in [0.1, 0.15) is 15.9 Å². The molecule has 0 amide bonds. The van der Waals surface area contributed by atoms with E-state index in [9.17, 15) is 4.79 Å². The van der Waals surface area contributed by atoms with Crippen LogP contribution in [0.25, 0.3) is 5.70 Å². The molecule has 0 saturated carbocycles. The fourth-order valence-electron chi connectivity index (χ4n) is 1.97. The van der Waals surface area contributed by atoms with Crippen LogP contribution in [0.4, 0.5) is 0 Å². The van der Waals surface area contributed by atoms with Crippen molar-refractivity contribution in [2.24, 2.45) is 0 Å². The van der Waals surface area contributed by atoms with Gasteiger partial charge in [0.05, 0.1) is 11.3 Å². The lowest BCUT2D eigenvalue weighted by atomic mass is 10.1. The average Bonchev–Trinajstić information content (AvgIpc) is 2.53. The zero-order chi connectivity index (χ0) is 13.8. The van der Waals surface area contributed by atoms with Crippen molar-refractivity contribution in [3.8, 4) is 0 Å². The van der Waals surface area contributed by atoms with Crippen LogP contribution in [-0.2, 0) is 4.84 Å².